The maximum Gasteiger partial charge on any atom is 0.251 e. The molecule has 2 N–H and O–H groups in total. The van der Waals surface area contributed by atoms with Crippen LogP contribution in [0.25, 0.3) is 0 Å². The van der Waals surface area contributed by atoms with E-state index in [1.807, 2.05) is 24.3 Å². The first-order valence-electron chi connectivity index (χ1n) is 7.43. The normalized spacial score (nSPS) is 10.0. The average molecular weight is 312 g/mol. The number of nitrogens with one attached hydrogen (secondary N) is 2. The van der Waals surface area contributed by atoms with E-state index in [1.54, 1.807) is 24.3 Å². The minimum Gasteiger partial charge on any atom is -0.497 e. The summed E-state index contributed by atoms with van der Waals surface area (Å²) >= 11 is 0. The first kappa shape index (κ1) is 16.5. The molecule has 2 aromatic carbocycles. The molecule has 0 aliphatic carbocycles. The lowest BCUT2D eigenvalue weighted by Crippen LogP contribution is -2.32. The molecule has 0 heterocycles. The van der Waals surface area contributed by atoms with Crippen molar-refractivity contribution in [3.05, 3.63) is 59.7 Å². The first-order chi connectivity index (χ1) is 11.1. The quantitative estimate of drug-likeness (QED) is 0.861. The van der Waals surface area contributed by atoms with Crippen LogP contribution in [0.5, 0.6) is 5.75 Å². The van der Waals surface area contributed by atoms with Crippen LogP contribution in [0.15, 0.2) is 48.5 Å². The molecule has 5 heteroatoms. The number of hydrogen-bond acceptors (Lipinski definition) is 3. The number of rotatable bonds is 6. The van der Waals surface area contributed by atoms with E-state index in [0.29, 0.717) is 17.0 Å². The van der Waals surface area contributed by atoms with E-state index in [1.165, 1.54) is 12.7 Å². The van der Waals surface area contributed by atoms with Gasteiger partial charge in [-0.3, -0.25) is 9.59 Å². The highest BCUT2D eigenvalue weighted by atomic mass is 16.5. The molecular formula is C18H20N2O3. The van der Waals surface area contributed by atoms with Crippen molar-refractivity contribution in [2.24, 2.45) is 0 Å². The summed E-state index contributed by atoms with van der Waals surface area (Å²) in [5, 5.41) is 5.33. The summed E-state index contributed by atoms with van der Waals surface area (Å²) < 4.78 is 5.07. The molecule has 0 bridgehead atoms. The molecular weight excluding hydrogens is 292 g/mol. The minimum absolute atomic E-state index is 0.0917. The van der Waals surface area contributed by atoms with Crippen molar-refractivity contribution in [1.82, 2.24) is 5.32 Å². The van der Waals surface area contributed by atoms with E-state index in [-0.39, 0.29) is 18.4 Å². The van der Waals surface area contributed by atoms with Gasteiger partial charge in [0, 0.05) is 11.3 Å². The number of aryl methyl sites for hydroxylation is 1. The summed E-state index contributed by atoms with van der Waals surface area (Å²) in [5.74, 6) is 0.00370. The summed E-state index contributed by atoms with van der Waals surface area (Å²) in [6, 6.07) is 14.4. The van der Waals surface area contributed by atoms with Gasteiger partial charge in [-0.2, -0.15) is 0 Å². The zero-order valence-corrected chi connectivity index (χ0v) is 13.3. The topological polar surface area (TPSA) is 67.4 Å². The molecule has 0 aliphatic heterocycles. The highest BCUT2D eigenvalue weighted by Gasteiger charge is 2.09. The van der Waals surface area contributed by atoms with Crippen LogP contribution < -0.4 is 15.4 Å². The molecule has 120 valence electrons. The zero-order chi connectivity index (χ0) is 16.7. The molecule has 0 aromatic heterocycles. The van der Waals surface area contributed by atoms with Crippen molar-refractivity contribution in [3.8, 4) is 5.75 Å². The van der Waals surface area contributed by atoms with E-state index in [4.69, 9.17) is 4.74 Å². The SMILES string of the molecule is CCc1ccc(NC(=O)CNC(=O)c2cccc(OC)c2)cc1. The molecule has 23 heavy (non-hydrogen) atoms. The largest absolute Gasteiger partial charge is 0.497 e. The van der Waals surface area contributed by atoms with E-state index in [9.17, 15) is 9.59 Å². The first-order valence-corrected chi connectivity index (χ1v) is 7.43. The molecule has 2 rings (SSSR count). The van der Waals surface area contributed by atoms with Gasteiger partial charge in [0.25, 0.3) is 5.91 Å². The van der Waals surface area contributed by atoms with Crippen LogP contribution in [0.3, 0.4) is 0 Å². The van der Waals surface area contributed by atoms with Crippen LogP contribution in [-0.2, 0) is 11.2 Å². The minimum atomic E-state index is -0.319. The molecule has 0 saturated heterocycles. The standard InChI is InChI=1S/C18H20N2O3/c1-3-13-7-9-15(10-8-13)20-17(21)12-19-18(22)14-5-4-6-16(11-14)23-2/h4-11H,3,12H2,1-2H3,(H,19,22)(H,20,21). The number of carbonyl (C=O) groups is 2. The van der Waals surface area contributed by atoms with Gasteiger partial charge < -0.3 is 15.4 Å². The van der Waals surface area contributed by atoms with Crippen molar-refractivity contribution in [3.63, 3.8) is 0 Å². The average Bonchev–Trinajstić information content (AvgIpc) is 2.60. The van der Waals surface area contributed by atoms with Crippen LogP contribution in [0.2, 0.25) is 0 Å². The molecule has 2 amide bonds. The Morgan fingerprint density at radius 3 is 2.48 bits per heavy atom. The molecule has 0 fully saturated rings. The maximum absolute atomic E-state index is 12.0. The second-order valence-corrected chi connectivity index (χ2v) is 5.01. The fourth-order valence-electron chi connectivity index (χ4n) is 2.06. The fraction of sp³-hybridized carbons (Fsp3) is 0.222. The zero-order valence-electron chi connectivity index (χ0n) is 13.3. The van der Waals surface area contributed by atoms with Gasteiger partial charge in [-0.1, -0.05) is 25.1 Å². The van der Waals surface area contributed by atoms with Gasteiger partial charge in [0.05, 0.1) is 13.7 Å². The number of benzene rings is 2. The van der Waals surface area contributed by atoms with Crippen LogP contribution in [0.1, 0.15) is 22.8 Å². The Bertz CT molecular complexity index is 681. The van der Waals surface area contributed by atoms with Crippen molar-refractivity contribution in [2.75, 3.05) is 19.0 Å². The Labute approximate surface area is 135 Å². The van der Waals surface area contributed by atoms with Crippen molar-refractivity contribution >= 4 is 17.5 Å². The van der Waals surface area contributed by atoms with E-state index < -0.39 is 0 Å². The molecule has 0 aliphatic rings. The number of methoxy groups -OCH3 is 1. The number of anilines is 1. The Balaban J connectivity index is 1.86. The monoisotopic (exact) mass is 312 g/mol. The predicted molar refractivity (Wildman–Crippen MR) is 89.8 cm³/mol. The molecule has 0 atom stereocenters. The van der Waals surface area contributed by atoms with Crippen LogP contribution in [0.4, 0.5) is 5.69 Å². The Kier molecular flexibility index (Phi) is 5.74. The van der Waals surface area contributed by atoms with Gasteiger partial charge in [0.2, 0.25) is 5.91 Å². The maximum atomic E-state index is 12.0. The van der Waals surface area contributed by atoms with Gasteiger partial charge in [0.1, 0.15) is 5.75 Å². The van der Waals surface area contributed by atoms with Gasteiger partial charge in [-0.05, 0) is 42.3 Å². The summed E-state index contributed by atoms with van der Waals surface area (Å²) in [4.78, 5) is 23.9. The predicted octanol–water partition coefficient (Wildman–Crippen LogP) is 2.63. The summed E-state index contributed by atoms with van der Waals surface area (Å²) in [5.41, 5.74) is 2.36. The number of ether oxygens (including phenoxy) is 1. The Hall–Kier alpha value is -2.82. The van der Waals surface area contributed by atoms with Crippen molar-refractivity contribution in [2.45, 2.75) is 13.3 Å². The smallest absolute Gasteiger partial charge is 0.251 e. The third-order valence-corrected chi connectivity index (χ3v) is 3.39. The van der Waals surface area contributed by atoms with Gasteiger partial charge in [0.15, 0.2) is 0 Å². The lowest BCUT2D eigenvalue weighted by molar-refractivity contribution is -0.115. The van der Waals surface area contributed by atoms with Crippen LogP contribution >= 0.6 is 0 Å². The third-order valence-electron chi connectivity index (χ3n) is 3.39. The van der Waals surface area contributed by atoms with Gasteiger partial charge in [-0.25, -0.2) is 0 Å². The molecule has 2 aromatic rings. The van der Waals surface area contributed by atoms with E-state index in [0.717, 1.165) is 6.42 Å². The summed E-state index contributed by atoms with van der Waals surface area (Å²) in [6.45, 7) is 1.98. The third kappa shape index (κ3) is 4.85. The highest BCUT2D eigenvalue weighted by Crippen LogP contribution is 2.12. The highest BCUT2D eigenvalue weighted by molar-refractivity contribution is 5.99. The van der Waals surface area contributed by atoms with Crippen LogP contribution in [-0.4, -0.2) is 25.5 Å². The molecule has 0 unspecified atom stereocenters. The fourth-order valence-corrected chi connectivity index (χ4v) is 2.06. The Morgan fingerprint density at radius 2 is 1.83 bits per heavy atom. The second-order valence-electron chi connectivity index (χ2n) is 5.01. The lowest BCUT2D eigenvalue weighted by atomic mass is 10.1. The molecule has 0 spiro atoms. The summed E-state index contributed by atoms with van der Waals surface area (Å²) in [6.07, 6.45) is 0.949. The number of amides is 2. The summed E-state index contributed by atoms with van der Waals surface area (Å²) in [7, 11) is 1.54. The molecule has 5 nitrogen and oxygen atoms in total. The molecule has 0 saturated carbocycles. The van der Waals surface area contributed by atoms with Crippen molar-refractivity contribution < 1.29 is 14.3 Å². The Morgan fingerprint density at radius 1 is 1.09 bits per heavy atom. The van der Waals surface area contributed by atoms with Gasteiger partial charge >= 0.3 is 0 Å². The van der Waals surface area contributed by atoms with E-state index in [2.05, 4.69) is 17.6 Å². The number of hydrogen-bond donors (Lipinski definition) is 2. The second kappa shape index (κ2) is 7.98. The van der Waals surface area contributed by atoms with Crippen LogP contribution in [0, 0.1) is 0 Å². The van der Waals surface area contributed by atoms with Crippen molar-refractivity contribution in [1.29, 1.82) is 0 Å². The molecule has 0 radical (unpaired) electrons. The lowest BCUT2D eigenvalue weighted by Gasteiger charge is -2.08. The van der Waals surface area contributed by atoms with Gasteiger partial charge in [-0.15, -0.1) is 0 Å². The van der Waals surface area contributed by atoms with E-state index >= 15 is 0 Å². The number of carbonyl (C=O) groups excluding carboxylic acids is 2.